The summed E-state index contributed by atoms with van der Waals surface area (Å²) in [6.07, 6.45) is 0. The molecule has 0 aliphatic carbocycles. The highest BCUT2D eigenvalue weighted by Crippen LogP contribution is 2.41. The van der Waals surface area contributed by atoms with Crippen LogP contribution in [0.5, 0.6) is 0 Å². The highest BCUT2D eigenvalue weighted by atomic mass is 14.3. The lowest BCUT2D eigenvalue weighted by Crippen LogP contribution is -2.58. The Kier molecular flexibility index (Phi) is 23.3. The molecule has 0 bridgehead atoms. The third-order valence-electron chi connectivity index (χ3n) is 27.9. The highest BCUT2D eigenvalue weighted by Gasteiger charge is 2.39. The Morgan fingerprint density at radius 3 is 0.328 bits per heavy atom. The lowest BCUT2D eigenvalue weighted by Gasteiger charge is -2.33. The molecule has 2 heteroatoms. The summed E-state index contributed by atoms with van der Waals surface area (Å²) in [5, 5.41) is 0. The van der Waals surface area contributed by atoms with E-state index in [4.69, 9.17) is 0 Å². The second-order valence-corrected chi connectivity index (χ2v) is 33.5. The van der Waals surface area contributed by atoms with Gasteiger partial charge in [-0.05, 0) is 333 Å². The molecule has 0 aliphatic heterocycles. The molecule has 0 heterocycles. The predicted molar refractivity (Wildman–Crippen MR) is 511 cm³/mol. The topological polar surface area (TPSA) is 0 Å². The van der Waals surface area contributed by atoms with Crippen molar-refractivity contribution in [3.05, 3.63) is 388 Å². The molecule has 0 saturated carbocycles. The van der Waals surface area contributed by atoms with Gasteiger partial charge in [0.15, 0.2) is 0 Å². The van der Waals surface area contributed by atoms with Gasteiger partial charge in [0.1, 0.15) is 0 Å². The molecule has 15 aromatic rings. The van der Waals surface area contributed by atoms with Crippen molar-refractivity contribution in [2.75, 3.05) is 0 Å². The zero-order valence-corrected chi connectivity index (χ0v) is 73.4. The Morgan fingerprint density at radius 1 is 0.103 bits per heavy atom. The molecule has 0 amide bonds. The molecule has 0 aromatic heterocycles. The fourth-order valence-corrected chi connectivity index (χ4v) is 20.3. The minimum Gasteiger partial charge on any atom is -0.0623 e. The van der Waals surface area contributed by atoms with Crippen LogP contribution < -0.4 is 32.8 Å². The molecule has 15 rings (SSSR count). The summed E-state index contributed by atoms with van der Waals surface area (Å²) in [6.45, 7) is 57.0. The molecule has 0 nitrogen and oxygen atoms in total. The Bertz CT molecular complexity index is 5450. The first kappa shape index (κ1) is 81.0. The van der Waals surface area contributed by atoms with E-state index < -0.39 is 0 Å². The molecular formula is C114H114B2. The lowest BCUT2D eigenvalue weighted by molar-refractivity contribution is 1.25. The fraction of sp³-hybridized carbons (Fsp3) is 0.211. The van der Waals surface area contributed by atoms with E-state index in [1.807, 2.05) is 0 Å². The first-order valence-corrected chi connectivity index (χ1v) is 41.9. The molecule has 15 aromatic carbocycles. The fourth-order valence-electron chi connectivity index (χ4n) is 20.3. The van der Waals surface area contributed by atoms with Crippen molar-refractivity contribution in [2.45, 2.75) is 166 Å². The van der Waals surface area contributed by atoms with Gasteiger partial charge in [0.25, 0.3) is 0 Å². The van der Waals surface area contributed by atoms with E-state index in [0.29, 0.717) is 0 Å². The molecule has 576 valence electrons. The van der Waals surface area contributed by atoms with E-state index in [0.717, 1.165) is 0 Å². The van der Waals surface area contributed by atoms with E-state index in [-0.39, 0.29) is 13.4 Å². The van der Waals surface area contributed by atoms with Crippen LogP contribution in [0.3, 0.4) is 0 Å². The van der Waals surface area contributed by atoms with Crippen molar-refractivity contribution in [3.8, 4) is 100 Å². The Morgan fingerprint density at radius 2 is 0.198 bits per heavy atom. The Balaban J connectivity index is 0.000000201. The molecule has 0 aliphatic rings. The first-order chi connectivity index (χ1) is 55.7. The van der Waals surface area contributed by atoms with E-state index in [9.17, 15) is 0 Å². The average molecular weight is 1510 g/mol. The van der Waals surface area contributed by atoms with Gasteiger partial charge in [-0.2, -0.15) is 0 Å². The predicted octanol–water partition coefficient (Wildman–Crippen LogP) is 26.8. The quantitative estimate of drug-likeness (QED) is 0.0898. The van der Waals surface area contributed by atoms with Crippen LogP contribution >= 0.6 is 0 Å². The van der Waals surface area contributed by atoms with Gasteiger partial charge in [-0.3, -0.25) is 0 Å². The van der Waals surface area contributed by atoms with Gasteiger partial charge in [-0.15, -0.1) is 0 Å². The van der Waals surface area contributed by atoms with Gasteiger partial charge < -0.3 is 0 Å². The Labute approximate surface area is 696 Å². The number of hydrogen-bond donors (Lipinski definition) is 0. The van der Waals surface area contributed by atoms with Gasteiger partial charge in [-0.1, -0.05) is 354 Å². The second kappa shape index (κ2) is 33.3. The van der Waals surface area contributed by atoms with Gasteiger partial charge in [0, 0.05) is 0 Å². The zero-order valence-electron chi connectivity index (χ0n) is 73.4. The highest BCUT2D eigenvalue weighted by molar-refractivity contribution is 6.98. The normalized spacial score (nSPS) is 11.3. The molecule has 0 atom stereocenters. The summed E-state index contributed by atoms with van der Waals surface area (Å²) in [5.41, 5.74) is 65.1. The van der Waals surface area contributed by atoms with Crippen LogP contribution in [0, 0.1) is 166 Å². The van der Waals surface area contributed by atoms with Crippen molar-refractivity contribution in [3.63, 3.8) is 0 Å². The molecule has 0 spiro atoms. The molecule has 0 N–H and O–H groups in total. The maximum atomic E-state index is 2.39. The monoisotopic (exact) mass is 1500 g/mol. The standard InChI is InChI=1S/C66H63B.C48H51B/c1-40-46(7)64(47(8)41(2)61(40)58-34-28-55(29-35-58)52-22-16-13-17-23-52)67(65-48(9)42(3)62(43(4)49(65)10)59-36-30-56(31-37-59)53-24-18-14-19-25-53)66-50(11)44(5)63(45(6)51(66)12)60-38-32-57(33-39-60)54-26-20-15-21-27-54;1-28-34(7)46(35(8)29(2)43(28)40-22-16-13-17-23-40)49(47-36(9)30(3)44(31(4)37(47)10)41-24-18-14-19-25-41)48-38(11)32(5)45(33(6)39(48)12)42-26-20-15-21-27-42/h13-39H,1-12H3;13-27H,1-12H3. The van der Waals surface area contributed by atoms with Crippen LogP contribution in [0.4, 0.5) is 0 Å². The van der Waals surface area contributed by atoms with Crippen molar-refractivity contribution in [2.24, 2.45) is 0 Å². The summed E-state index contributed by atoms with van der Waals surface area (Å²) >= 11 is 0. The summed E-state index contributed by atoms with van der Waals surface area (Å²) in [7, 11) is 0. The minimum atomic E-state index is 0.0192. The van der Waals surface area contributed by atoms with Crippen LogP contribution in [0.2, 0.25) is 0 Å². The lowest BCUT2D eigenvalue weighted by atomic mass is 9.32. The van der Waals surface area contributed by atoms with Gasteiger partial charge in [0.2, 0.25) is 13.4 Å². The average Bonchev–Trinajstić information content (AvgIpc) is 0.723. The smallest absolute Gasteiger partial charge is 0.0623 e. The van der Waals surface area contributed by atoms with Crippen molar-refractivity contribution < 1.29 is 0 Å². The van der Waals surface area contributed by atoms with E-state index in [1.54, 1.807) is 0 Å². The second-order valence-electron chi connectivity index (χ2n) is 33.5. The number of rotatable bonds is 15. The minimum absolute atomic E-state index is 0.0192. The molecular weight excluding hydrogens is 1390 g/mol. The zero-order chi connectivity index (χ0) is 82.6. The summed E-state index contributed by atoms with van der Waals surface area (Å²) in [6, 6.07) is 92.7. The number of benzene rings is 15. The third-order valence-corrected chi connectivity index (χ3v) is 27.9. The SMILES string of the molecule is Cc1c(C)c(-c2ccc(-c3ccccc3)cc2)c(C)c(C)c1B(c1c(C)c(C)c(-c2ccc(-c3ccccc3)cc2)c(C)c1C)c1c(C)c(C)c(-c2ccc(-c3ccccc3)cc2)c(C)c1C.Cc1c(C)c(-c2ccccc2)c(C)c(C)c1B(c1c(C)c(C)c(-c2ccccc2)c(C)c1C)c1c(C)c(C)c(-c2ccccc2)c(C)c1C. The van der Waals surface area contributed by atoms with Crippen LogP contribution in [-0.4, -0.2) is 13.4 Å². The summed E-state index contributed by atoms with van der Waals surface area (Å²) in [5.74, 6) is 0. The van der Waals surface area contributed by atoms with Crippen molar-refractivity contribution >= 4 is 46.2 Å². The molecule has 0 saturated heterocycles. The van der Waals surface area contributed by atoms with Crippen LogP contribution in [0.25, 0.3) is 100 Å². The first-order valence-electron chi connectivity index (χ1n) is 41.9. The molecule has 0 unspecified atom stereocenters. The van der Waals surface area contributed by atoms with Gasteiger partial charge in [-0.25, -0.2) is 0 Å². The van der Waals surface area contributed by atoms with Crippen LogP contribution in [0.1, 0.15) is 134 Å². The summed E-state index contributed by atoms with van der Waals surface area (Å²) < 4.78 is 0. The van der Waals surface area contributed by atoms with Crippen molar-refractivity contribution in [1.82, 2.24) is 0 Å². The van der Waals surface area contributed by atoms with Crippen LogP contribution in [0.15, 0.2) is 255 Å². The largest absolute Gasteiger partial charge is 0.243 e. The van der Waals surface area contributed by atoms with E-state index in [1.165, 1.54) is 266 Å². The molecule has 0 fully saturated rings. The molecule has 0 radical (unpaired) electrons. The maximum Gasteiger partial charge on any atom is 0.243 e. The summed E-state index contributed by atoms with van der Waals surface area (Å²) in [4.78, 5) is 0. The Hall–Kier alpha value is -11.6. The third kappa shape index (κ3) is 14.4. The van der Waals surface area contributed by atoms with Gasteiger partial charge >= 0.3 is 0 Å². The maximum absolute atomic E-state index is 2.39. The van der Waals surface area contributed by atoms with Crippen molar-refractivity contribution in [1.29, 1.82) is 0 Å². The number of hydrogen-bond acceptors (Lipinski definition) is 0. The van der Waals surface area contributed by atoms with E-state index in [2.05, 4.69) is 421 Å². The van der Waals surface area contributed by atoms with Gasteiger partial charge in [0.05, 0.1) is 0 Å². The van der Waals surface area contributed by atoms with Crippen LogP contribution in [-0.2, 0) is 0 Å². The molecule has 116 heavy (non-hydrogen) atoms. The van der Waals surface area contributed by atoms with E-state index >= 15 is 0 Å².